The highest BCUT2D eigenvalue weighted by molar-refractivity contribution is 6.04. The number of hydrogen-bond acceptors (Lipinski definition) is 5. The molecule has 1 aromatic heterocycles. The van der Waals surface area contributed by atoms with E-state index < -0.39 is 17.9 Å². The minimum Gasteiger partial charge on any atom is -0.459 e. The minimum absolute atomic E-state index is 0.0386. The Bertz CT molecular complexity index is 1170. The summed E-state index contributed by atoms with van der Waals surface area (Å²) in [6.45, 7) is 4.62. The highest BCUT2D eigenvalue weighted by Crippen LogP contribution is 2.30. The fourth-order valence-corrected chi connectivity index (χ4v) is 4.43. The summed E-state index contributed by atoms with van der Waals surface area (Å²) in [6, 6.07) is 17.1. The summed E-state index contributed by atoms with van der Waals surface area (Å²) in [4.78, 5) is 41.2. The number of anilines is 1. The summed E-state index contributed by atoms with van der Waals surface area (Å²) >= 11 is 0. The van der Waals surface area contributed by atoms with E-state index in [9.17, 15) is 14.4 Å². The van der Waals surface area contributed by atoms with Crippen LogP contribution in [0.2, 0.25) is 0 Å². The summed E-state index contributed by atoms with van der Waals surface area (Å²) in [5.74, 6) is -1.15. The van der Waals surface area contributed by atoms with E-state index in [0.29, 0.717) is 24.4 Å². The molecule has 1 aliphatic rings. The van der Waals surface area contributed by atoms with Gasteiger partial charge in [-0.3, -0.25) is 19.3 Å². The van der Waals surface area contributed by atoms with Crippen LogP contribution in [0.1, 0.15) is 46.1 Å². The normalized spacial score (nSPS) is 15.8. The summed E-state index contributed by atoms with van der Waals surface area (Å²) in [7, 11) is 0. The van der Waals surface area contributed by atoms with Gasteiger partial charge in [0.2, 0.25) is 11.8 Å². The Hall–Kier alpha value is -3.91. The third kappa shape index (κ3) is 6.20. The van der Waals surface area contributed by atoms with Gasteiger partial charge in [-0.1, -0.05) is 36.4 Å². The fourth-order valence-electron chi connectivity index (χ4n) is 4.43. The lowest BCUT2D eigenvalue weighted by atomic mass is 10.0. The molecule has 1 saturated heterocycles. The van der Waals surface area contributed by atoms with E-state index >= 15 is 0 Å². The molecule has 188 valence electrons. The topological polar surface area (TPSA) is 101 Å². The van der Waals surface area contributed by atoms with Gasteiger partial charge in [0.15, 0.2) is 5.76 Å². The molecule has 3 aromatic rings. The maximum Gasteiger partial charge on any atom is 0.287 e. The third-order valence-corrected chi connectivity index (χ3v) is 6.05. The summed E-state index contributed by atoms with van der Waals surface area (Å²) in [5.41, 5.74) is 3.14. The Morgan fingerprint density at radius 1 is 1.00 bits per heavy atom. The van der Waals surface area contributed by atoms with Crippen LogP contribution >= 0.6 is 0 Å². The number of carbonyl (C=O) groups excluding carboxylic acids is 3. The van der Waals surface area contributed by atoms with Crippen LogP contribution in [0.4, 0.5) is 5.69 Å². The zero-order chi connectivity index (χ0) is 25.5. The highest BCUT2D eigenvalue weighted by atomic mass is 16.5. The Morgan fingerprint density at radius 3 is 2.39 bits per heavy atom. The first-order chi connectivity index (χ1) is 17.4. The van der Waals surface area contributed by atoms with Gasteiger partial charge < -0.3 is 19.8 Å². The van der Waals surface area contributed by atoms with E-state index in [0.717, 1.165) is 24.0 Å². The van der Waals surface area contributed by atoms with E-state index in [2.05, 4.69) is 10.6 Å². The van der Waals surface area contributed by atoms with E-state index in [4.69, 9.17) is 9.15 Å². The molecule has 36 heavy (non-hydrogen) atoms. The van der Waals surface area contributed by atoms with Gasteiger partial charge in [0.25, 0.3) is 5.91 Å². The number of ether oxygens (including phenoxy) is 1. The molecule has 2 atom stereocenters. The lowest BCUT2D eigenvalue weighted by molar-refractivity contribution is -0.126. The molecule has 2 aromatic carbocycles. The summed E-state index contributed by atoms with van der Waals surface area (Å²) < 4.78 is 10.8. The molecule has 1 aliphatic heterocycles. The first-order valence-electron chi connectivity index (χ1n) is 12.1. The SMILES string of the molecule is Cc1cc(C)cc(N(C(=O)CNC(=O)c2ccco2)C(C(=O)NCC2CCCO2)c2ccccc2)c1. The van der Waals surface area contributed by atoms with Crippen LogP contribution < -0.4 is 15.5 Å². The van der Waals surface area contributed by atoms with Gasteiger partial charge in [0.1, 0.15) is 6.04 Å². The highest BCUT2D eigenvalue weighted by Gasteiger charge is 2.33. The molecule has 0 radical (unpaired) electrons. The van der Waals surface area contributed by atoms with Crippen molar-refractivity contribution in [1.29, 1.82) is 0 Å². The smallest absolute Gasteiger partial charge is 0.287 e. The van der Waals surface area contributed by atoms with Crippen LogP contribution in [0, 0.1) is 13.8 Å². The fraction of sp³-hybridized carbons (Fsp3) is 0.321. The first kappa shape index (κ1) is 25.2. The van der Waals surface area contributed by atoms with Crippen LogP contribution in [-0.4, -0.2) is 43.5 Å². The molecule has 0 saturated carbocycles. The number of amides is 3. The number of furan rings is 1. The molecule has 3 amide bonds. The van der Waals surface area contributed by atoms with E-state index in [-0.39, 0.29) is 24.3 Å². The van der Waals surface area contributed by atoms with Crippen molar-refractivity contribution in [3.8, 4) is 0 Å². The zero-order valence-corrected chi connectivity index (χ0v) is 20.5. The summed E-state index contributed by atoms with van der Waals surface area (Å²) in [6.07, 6.45) is 3.20. The second-order valence-electron chi connectivity index (χ2n) is 8.96. The average molecular weight is 490 g/mol. The minimum atomic E-state index is -0.943. The van der Waals surface area contributed by atoms with Crippen molar-refractivity contribution >= 4 is 23.4 Å². The molecule has 8 heteroatoms. The van der Waals surface area contributed by atoms with Crippen LogP contribution in [0.5, 0.6) is 0 Å². The molecule has 2 N–H and O–H groups in total. The molecular formula is C28H31N3O5. The van der Waals surface area contributed by atoms with Crippen LogP contribution in [0.3, 0.4) is 0 Å². The maximum atomic E-state index is 13.7. The first-order valence-corrected chi connectivity index (χ1v) is 12.1. The number of carbonyl (C=O) groups is 3. The van der Waals surface area contributed by atoms with Gasteiger partial charge in [-0.25, -0.2) is 0 Å². The molecule has 8 nitrogen and oxygen atoms in total. The Labute approximate surface area is 210 Å². The molecule has 0 spiro atoms. The third-order valence-electron chi connectivity index (χ3n) is 6.05. The van der Waals surface area contributed by atoms with Crippen molar-refractivity contribution in [2.75, 3.05) is 24.6 Å². The molecular weight excluding hydrogens is 458 g/mol. The molecule has 0 bridgehead atoms. The maximum absolute atomic E-state index is 13.7. The number of rotatable bonds is 9. The molecule has 4 rings (SSSR count). The van der Waals surface area contributed by atoms with Crippen molar-refractivity contribution in [2.45, 2.75) is 38.8 Å². The number of aryl methyl sites for hydroxylation is 2. The van der Waals surface area contributed by atoms with E-state index in [1.807, 2.05) is 62.4 Å². The van der Waals surface area contributed by atoms with Crippen molar-refractivity contribution in [1.82, 2.24) is 10.6 Å². The molecule has 2 unspecified atom stereocenters. The lowest BCUT2D eigenvalue weighted by Gasteiger charge is -2.32. The average Bonchev–Trinajstić information content (AvgIpc) is 3.59. The Morgan fingerprint density at radius 2 is 1.75 bits per heavy atom. The van der Waals surface area contributed by atoms with Crippen molar-refractivity contribution in [2.24, 2.45) is 0 Å². The zero-order valence-electron chi connectivity index (χ0n) is 20.5. The molecule has 0 aliphatic carbocycles. The second-order valence-corrected chi connectivity index (χ2v) is 8.96. The monoisotopic (exact) mass is 489 g/mol. The van der Waals surface area contributed by atoms with Crippen LogP contribution in [0.15, 0.2) is 71.3 Å². The Kier molecular flexibility index (Phi) is 8.17. The van der Waals surface area contributed by atoms with E-state index in [1.165, 1.54) is 17.2 Å². The predicted molar refractivity (Wildman–Crippen MR) is 136 cm³/mol. The van der Waals surface area contributed by atoms with Gasteiger partial charge in [-0.2, -0.15) is 0 Å². The van der Waals surface area contributed by atoms with Crippen molar-refractivity contribution in [3.63, 3.8) is 0 Å². The largest absolute Gasteiger partial charge is 0.459 e. The van der Waals surface area contributed by atoms with Gasteiger partial charge in [0.05, 0.1) is 18.9 Å². The molecule has 1 fully saturated rings. The number of benzene rings is 2. The lowest BCUT2D eigenvalue weighted by Crippen LogP contribution is -2.48. The molecule has 2 heterocycles. The number of hydrogen-bond donors (Lipinski definition) is 2. The quantitative estimate of drug-likeness (QED) is 0.477. The van der Waals surface area contributed by atoms with Gasteiger partial charge in [-0.15, -0.1) is 0 Å². The Balaban J connectivity index is 1.66. The van der Waals surface area contributed by atoms with Gasteiger partial charge in [0, 0.05) is 18.8 Å². The van der Waals surface area contributed by atoms with Crippen LogP contribution in [0.25, 0.3) is 0 Å². The van der Waals surface area contributed by atoms with Crippen molar-refractivity contribution in [3.05, 3.63) is 89.4 Å². The summed E-state index contributed by atoms with van der Waals surface area (Å²) in [5, 5.41) is 5.60. The predicted octanol–water partition coefficient (Wildman–Crippen LogP) is 3.70. The van der Waals surface area contributed by atoms with Crippen molar-refractivity contribution < 1.29 is 23.5 Å². The second kappa shape index (κ2) is 11.7. The number of nitrogens with zero attached hydrogens (tertiary/aromatic N) is 1. The van der Waals surface area contributed by atoms with E-state index in [1.54, 1.807) is 6.07 Å². The standard InChI is InChI=1S/C28H31N3O5/c1-19-14-20(2)16-22(15-19)31(25(32)18-30-27(33)24-11-7-13-36-24)26(21-8-4-3-5-9-21)28(34)29-17-23-10-6-12-35-23/h3-5,7-9,11,13-16,23,26H,6,10,12,17-18H2,1-2H3,(H,29,34)(H,30,33). The van der Waals surface area contributed by atoms with Crippen LogP contribution in [-0.2, 0) is 14.3 Å². The van der Waals surface area contributed by atoms with Gasteiger partial charge in [-0.05, 0) is 67.6 Å². The number of nitrogens with one attached hydrogen (secondary N) is 2. The van der Waals surface area contributed by atoms with Gasteiger partial charge >= 0.3 is 0 Å².